The van der Waals surface area contributed by atoms with Crippen LogP contribution < -0.4 is 10.6 Å². The normalized spacial score (nSPS) is 12.3. The number of amides is 2. The Bertz CT molecular complexity index is 1210. The molecule has 2 amide bonds. The molecule has 9 nitrogen and oxygen atoms in total. The number of benzene rings is 2. The third-order valence-corrected chi connectivity index (χ3v) is 5.70. The highest BCUT2D eigenvalue weighted by Gasteiger charge is 2.18. The van der Waals surface area contributed by atoms with Crippen LogP contribution in [0, 0.1) is 23.4 Å². The summed E-state index contributed by atoms with van der Waals surface area (Å²) in [5.74, 6) is 0.113. The van der Waals surface area contributed by atoms with Gasteiger partial charge in [0.1, 0.15) is 11.7 Å². The largest absolute Gasteiger partial charge is 0.357 e. The van der Waals surface area contributed by atoms with E-state index in [2.05, 4.69) is 15.6 Å². The summed E-state index contributed by atoms with van der Waals surface area (Å²) in [5, 5.41) is 14.4. The first-order chi connectivity index (χ1) is 16.9. The minimum Gasteiger partial charge on any atom is -0.357 e. The monoisotopic (exact) mass is 491 g/mol. The first kappa shape index (κ1) is 25.5. The summed E-state index contributed by atoms with van der Waals surface area (Å²) in [6.45, 7) is 3.66. The number of aryl methyl sites for hydroxylation is 1. The summed E-state index contributed by atoms with van der Waals surface area (Å²) in [6.07, 6.45) is 3.65. The van der Waals surface area contributed by atoms with Crippen LogP contribution in [0.1, 0.15) is 44.7 Å². The fraction of sp³-hybridized carbons (Fsp3) is 0.200. The van der Waals surface area contributed by atoms with Crippen molar-refractivity contribution in [3.8, 4) is 0 Å². The number of amidine groups is 1. The summed E-state index contributed by atoms with van der Waals surface area (Å²) in [5.41, 5.74) is 12.8. The number of nitrogens with zero attached hydrogens (tertiary/aromatic N) is 2. The van der Waals surface area contributed by atoms with Gasteiger partial charge in [-0.2, -0.15) is 0 Å². The van der Waals surface area contributed by atoms with Gasteiger partial charge in [0, 0.05) is 30.4 Å². The lowest BCUT2D eigenvalue weighted by Gasteiger charge is -2.18. The van der Waals surface area contributed by atoms with Gasteiger partial charge >= 0.3 is 0 Å². The Kier molecular flexibility index (Phi) is 8.63. The number of nitrogens with one attached hydrogen (secondary N) is 5. The van der Waals surface area contributed by atoms with Gasteiger partial charge in [-0.25, -0.2) is 16.0 Å². The van der Waals surface area contributed by atoms with E-state index in [1.807, 2.05) is 17.9 Å². The zero-order chi connectivity index (χ0) is 25.4. The Morgan fingerprint density at radius 1 is 0.914 bits per heavy atom. The lowest BCUT2D eigenvalue weighted by atomic mass is 10.1. The standard InChI is InChI=1S/C25H24ClN5O2.H2N2/c1-16-4-10-21(20(14-16)25(33)30-22-11-9-19(26)15-28-22)29-24(32)18-7-5-17(6-8-18)23(27)31-12-2-3-13-31;1-2/h4-11,14-15,27H,2-3,12-13H2,1H3,(H,29,32)(H,28,30,33);1-2H. The molecule has 0 bridgehead atoms. The van der Waals surface area contributed by atoms with Crippen molar-refractivity contribution in [1.82, 2.24) is 9.88 Å². The van der Waals surface area contributed by atoms with Crippen LogP contribution in [0.4, 0.5) is 11.5 Å². The predicted molar refractivity (Wildman–Crippen MR) is 136 cm³/mol. The van der Waals surface area contributed by atoms with Crippen LogP contribution in [-0.4, -0.2) is 40.6 Å². The Balaban J connectivity index is 0.00000167. The maximum Gasteiger partial charge on any atom is 0.258 e. The highest BCUT2D eigenvalue weighted by Crippen LogP contribution is 2.21. The van der Waals surface area contributed by atoms with Crippen molar-refractivity contribution in [2.75, 3.05) is 23.7 Å². The quantitative estimate of drug-likeness (QED) is 0.180. The van der Waals surface area contributed by atoms with E-state index in [1.54, 1.807) is 48.5 Å². The molecule has 0 saturated carbocycles. The van der Waals surface area contributed by atoms with Crippen LogP contribution in [0.15, 0.2) is 60.8 Å². The second kappa shape index (κ2) is 11.8. The third kappa shape index (κ3) is 6.48. The van der Waals surface area contributed by atoms with Crippen LogP contribution in [0.3, 0.4) is 0 Å². The lowest BCUT2D eigenvalue weighted by molar-refractivity contribution is 0.102. The van der Waals surface area contributed by atoms with Crippen LogP contribution in [0.25, 0.3) is 0 Å². The minimum atomic E-state index is -0.391. The second-order valence-electron chi connectivity index (χ2n) is 7.94. The van der Waals surface area contributed by atoms with Crippen molar-refractivity contribution >= 4 is 40.8 Å². The zero-order valence-corrected chi connectivity index (χ0v) is 19.9. The summed E-state index contributed by atoms with van der Waals surface area (Å²) in [4.78, 5) is 31.9. The SMILES string of the molecule is Cc1ccc(NC(=O)c2ccc(C(=N)N3CCCC3)cc2)c(C(=O)Nc2ccc(Cl)cn2)c1.N=N. The smallest absolute Gasteiger partial charge is 0.258 e. The second-order valence-corrected chi connectivity index (χ2v) is 8.38. The van der Waals surface area contributed by atoms with Gasteiger partial charge in [-0.05, 0) is 56.2 Å². The average molecular weight is 492 g/mol. The van der Waals surface area contributed by atoms with Gasteiger partial charge in [0.15, 0.2) is 0 Å². The predicted octanol–water partition coefficient (Wildman–Crippen LogP) is 5.57. The van der Waals surface area contributed by atoms with Gasteiger partial charge in [0.2, 0.25) is 0 Å². The maximum atomic E-state index is 12.9. The molecule has 0 radical (unpaired) electrons. The molecular weight excluding hydrogens is 466 g/mol. The molecule has 2 heterocycles. The molecule has 1 saturated heterocycles. The molecule has 0 spiro atoms. The van der Waals surface area contributed by atoms with E-state index < -0.39 is 5.91 Å². The van der Waals surface area contributed by atoms with Crippen molar-refractivity contribution < 1.29 is 9.59 Å². The van der Waals surface area contributed by atoms with Crippen LogP contribution in [-0.2, 0) is 0 Å². The molecule has 5 N–H and O–H groups in total. The number of halogens is 1. The van der Waals surface area contributed by atoms with Gasteiger partial charge in [0.05, 0.1) is 16.3 Å². The van der Waals surface area contributed by atoms with Crippen LogP contribution in [0.5, 0.6) is 0 Å². The lowest BCUT2D eigenvalue weighted by Crippen LogP contribution is -2.27. The van der Waals surface area contributed by atoms with E-state index >= 15 is 0 Å². The number of pyridine rings is 1. The molecule has 1 fully saturated rings. The molecule has 10 heteroatoms. The number of hydrogen-bond donors (Lipinski definition) is 5. The molecule has 0 aliphatic carbocycles. The van der Waals surface area contributed by atoms with Crippen LogP contribution >= 0.6 is 11.6 Å². The highest BCUT2D eigenvalue weighted by molar-refractivity contribution is 6.30. The van der Waals surface area contributed by atoms with E-state index in [1.165, 1.54) is 6.20 Å². The van der Waals surface area contributed by atoms with Gasteiger partial charge in [-0.15, -0.1) is 0 Å². The average Bonchev–Trinajstić information content (AvgIpc) is 3.42. The zero-order valence-electron chi connectivity index (χ0n) is 19.2. The fourth-order valence-corrected chi connectivity index (χ4v) is 3.80. The highest BCUT2D eigenvalue weighted by atomic mass is 35.5. The number of hydrogen-bond acceptors (Lipinski definition) is 6. The maximum absolute atomic E-state index is 12.9. The Morgan fingerprint density at radius 3 is 2.20 bits per heavy atom. The Hall–Kier alpha value is -4.11. The Morgan fingerprint density at radius 2 is 1.57 bits per heavy atom. The fourth-order valence-electron chi connectivity index (χ4n) is 3.69. The summed E-state index contributed by atoms with van der Waals surface area (Å²) < 4.78 is 0. The molecule has 0 atom stereocenters. The summed E-state index contributed by atoms with van der Waals surface area (Å²) >= 11 is 5.85. The molecule has 35 heavy (non-hydrogen) atoms. The van der Waals surface area contributed by atoms with Crippen molar-refractivity contribution in [2.45, 2.75) is 19.8 Å². The van der Waals surface area contributed by atoms with Crippen molar-refractivity contribution in [3.63, 3.8) is 0 Å². The van der Waals surface area contributed by atoms with Gasteiger partial charge < -0.3 is 15.5 Å². The van der Waals surface area contributed by atoms with Gasteiger partial charge in [-0.3, -0.25) is 15.0 Å². The topological polar surface area (TPSA) is 146 Å². The molecular formula is C25H26ClN7O2. The van der Waals surface area contributed by atoms with Crippen molar-refractivity contribution in [2.24, 2.45) is 0 Å². The number of aromatic nitrogens is 1. The molecule has 2 aromatic carbocycles. The minimum absolute atomic E-state index is 0.326. The number of rotatable bonds is 5. The number of carbonyl (C=O) groups is 2. The number of anilines is 2. The molecule has 1 aromatic heterocycles. The van der Waals surface area contributed by atoms with E-state index in [4.69, 9.17) is 28.1 Å². The van der Waals surface area contributed by atoms with Gasteiger partial charge in [-0.1, -0.05) is 35.4 Å². The molecule has 3 aromatic rings. The van der Waals surface area contributed by atoms with Crippen LogP contribution in [0.2, 0.25) is 5.02 Å². The van der Waals surface area contributed by atoms with E-state index in [9.17, 15) is 9.59 Å². The van der Waals surface area contributed by atoms with Crippen molar-refractivity contribution in [3.05, 3.63) is 88.1 Å². The molecule has 1 aliphatic heterocycles. The number of carbonyl (C=O) groups excluding carboxylic acids is 2. The van der Waals surface area contributed by atoms with Crippen molar-refractivity contribution in [1.29, 1.82) is 16.5 Å². The molecule has 0 unspecified atom stereocenters. The third-order valence-electron chi connectivity index (χ3n) is 5.48. The van der Waals surface area contributed by atoms with Gasteiger partial charge in [0.25, 0.3) is 11.8 Å². The van der Waals surface area contributed by atoms with E-state index in [0.29, 0.717) is 33.5 Å². The molecule has 1 aliphatic rings. The Labute approximate surface area is 208 Å². The van der Waals surface area contributed by atoms with E-state index in [-0.39, 0.29) is 5.91 Å². The first-order valence-corrected chi connectivity index (χ1v) is 11.3. The molecule has 4 rings (SSSR count). The number of likely N-dealkylation sites (tertiary alicyclic amines) is 1. The summed E-state index contributed by atoms with van der Waals surface area (Å²) in [6, 6.07) is 15.4. The van der Waals surface area contributed by atoms with E-state index in [0.717, 1.165) is 37.1 Å². The summed E-state index contributed by atoms with van der Waals surface area (Å²) in [7, 11) is 0. The molecule has 180 valence electrons. The first-order valence-electron chi connectivity index (χ1n) is 10.9.